The van der Waals surface area contributed by atoms with Gasteiger partial charge in [0.15, 0.2) is 0 Å². The highest BCUT2D eigenvalue weighted by atomic mass is 16.5. The fourth-order valence-corrected chi connectivity index (χ4v) is 4.33. The number of methoxy groups -OCH3 is 1. The van der Waals surface area contributed by atoms with Gasteiger partial charge in [-0.1, -0.05) is 30.3 Å². The van der Waals surface area contributed by atoms with Crippen LogP contribution in [0.25, 0.3) is 11.1 Å². The molecular weight excluding hydrogens is 444 g/mol. The lowest BCUT2D eigenvalue weighted by atomic mass is 10.1. The maximum Gasteiger partial charge on any atom is 0.407 e. The molecule has 2 amide bonds. The summed E-state index contributed by atoms with van der Waals surface area (Å²) in [5.41, 5.74) is 4.14. The number of carbonyl (C=O) groups is 2. The molecule has 1 fully saturated rings. The second-order valence-corrected chi connectivity index (χ2v) is 8.75. The van der Waals surface area contributed by atoms with Gasteiger partial charge < -0.3 is 19.6 Å². The first-order valence-electron chi connectivity index (χ1n) is 11.5. The topological polar surface area (TPSA) is 86.2 Å². The summed E-state index contributed by atoms with van der Waals surface area (Å²) >= 11 is 0. The van der Waals surface area contributed by atoms with Crippen LogP contribution in [0.3, 0.4) is 0 Å². The van der Waals surface area contributed by atoms with Gasteiger partial charge in [-0.15, -0.1) is 0 Å². The second-order valence-electron chi connectivity index (χ2n) is 8.75. The van der Waals surface area contributed by atoms with Crippen LogP contribution in [0.15, 0.2) is 66.9 Å². The van der Waals surface area contributed by atoms with E-state index in [0.717, 1.165) is 34.7 Å². The summed E-state index contributed by atoms with van der Waals surface area (Å²) in [6.07, 6.45) is 0.836. The van der Waals surface area contributed by atoms with E-state index in [1.165, 1.54) is 4.90 Å². The van der Waals surface area contributed by atoms with Crippen molar-refractivity contribution < 1.29 is 19.4 Å². The molecule has 1 N–H and O–H groups in total. The first kappa shape index (κ1) is 24.2. The minimum atomic E-state index is -0.862. The van der Waals surface area contributed by atoms with Gasteiger partial charge in [-0.3, -0.25) is 14.7 Å². The number of carboxylic acid groups (broad SMARTS) is 1. The minimum absolute atomic E-state index is 0.0351. The van der Waals surface area contributed by atoms with Gasteiger partial charge in [0.25, 0.3) is 5.91 Å². The highest BCUT2D eigenvalue weighted by Gasteiger charge is 2.27. The molecule has 1 aromatic heterocycles. The van der Waals surface area contributed by atoms with Crippen molar-refractivity contribution in [3.8, 4) is 16.9 Å². The molecule has 0 saturated carbocycles. The maximum atomic E-state index is 13.0. The number of nitrogens with zero attached hydrogens (tertiary/aromatic N) is 4. The van der Waals surface area contributed by atoms with Crippen LogP contribution in [-0.4, -0.2) is 71.7 Å². The molecule has 1 saturated heterocycles. The van der Waals surface area contributed by atoms with Crippen LogP contribution in [0.1, 0.15) is 23.0 Å². The van der Waals surface area contributed by atoms with Gasteiger partial charge in [0.05, 0.1) is 7.11 Å². The molecule has 8 nitrogen and oxygen atoms in total. The number of hydrogen-bond acceptors (Lipinski definition) is 5. The third-order valence-electron chi connectivity index (χ3n) is 6.38. The van der Waals surface area contributed by atoms with Crippen LogP contribution in [0, 0.1) is 0 Å². The third-order valence-corrected chi connectivity index (χ3v) is 6.38. The van der Waals surface area contributed by atoms with E-state index in [1.54, 1.807) is 31.3 Å². The average molecular weight is 475 g/mol. The van der Waals surface area contributed by atoms with Gasteiger partial charge in [-0.05, 0) is 48.4 Å². The van der Waals surface area contributed by atoms with Crippen molar-refractivity contribution in [1.29, 1.82) is 0 Å². The van der Waals surface area contributed by atoms with Gasteiger partial charge in [-0.2, -0.15) is 0 Å². The number of piperazine rings is 1. The van der Waals surface area contributed by atoms with E-state index in [9.17, 15) is 14.7 Å². The predicted octanol–water partition coefficient (Wildman–Crippen LogP) is 4.22. The van der Waals surface area contributed by atoms with Gasteiger partial charge in [0.1, 0.15) is 11.4 Å². The first-order chi connectivity index (χ1) is 16.9. The van der Waals surface area contributed by atoms with E-state index in [0.29, 0.717) is 25.3 Å². The Hall–Kier alpha value is -3.91. The van der Waals surface area contributed by atoms with Crippen molar-refractivity contribution in [2.75, 3.05) is 38.7 Å². The van der Waals surface area contributed by atoms with Crippen molar-refractivity contribution in [2.24, 2.45) is 0 Å². The fraction of sp³-hybridized carbons (Fsp3) is 0.296. The molecular formula is C27H30N4O4. The molecule has 0 unspecified atom stereocenters. The zero-order chi connectivity index (χ0) is 24.9. The Morgan fingerprint density at radius 3 is 2.49 bits per heavy atom. The SMILES string of the molecule is COc1cccc(-c2ccc(C(=O)N(C)c3ccc(CN4CCN(C(=O)O)[C@@H](C)C4)cc3)nc2)c1. The number of aromatic nitrogens is 1. The van der Waals surface area contributed by atoms with E-state index in [4.69, 9.17) is 4.74 Å². The molecule has 0 spiro atoms. The number of amides is 2. The molecule has 8 heteroatoms. The Labute approximate surface area is 205 Å². The molecule has 182 valence electrons. The lowest BCUT2D eigenvalue weighted by molar-refractivity contribution is 0.0711. The molecule has 1 atom stereocenters. The highest BCUT2D eigenvalue weighted by Crippen LogP contribution is 2.24. The molecule has 1 aliphatic rings. The van der Waals surface area contributed by atoms with Crippen molar-refractivity contribution in [3.05, 3.63) is 78.1 Å². The summed E-state index contributed by atoms with van der Waals surface area (Å²) in [6, 6.07) is 19.2. The fourth-order valence-electron chi connectivity index (χ4n) is 4.33. The molecule has 0 bridgehead atoms. The van der Waals surface area contributed by atoms with Gasteiger partial charge in [-0.25, -0.2) is 4.79 Å². The van der Waals surface area contributed by atoms with E-state index in [-0.39, 0.29) is 11.9 Å². The van der Waals surface area contributed by atoms with Crippen molar-refractivity contribution in [3.63, 3.8) is 0 Å². The summed E-state index contributed by atoms with van der Waals surface area (Å²) in [4.78, 5) is 34.0. The van der Waals surface area contributed by atoms with Crippen LogP contribution in [0.2, 0.25) is 0 Å². The summed E-state index contributed by atoms with van der Waals surface area (Å²) in [7, 11) is 3.37. The highest BCUT2D eigenvalue weighted by molar-refractivity contribution is 6.04. The number of pyridine rings is 1. The summed E-state index contributed by atoms with van der Waals surface area (Å²) < 4.78 is 5.28. The Balaban J connectivity index is 1.38. The van der Waals surface area contributed by atoms with Crippen LogP contribution < -0.4 is 9.64 Å². The van der Waals surface area contributed by atoms with Gasteiger partial charge >= 0.3 is 6.09 Å². The van der Waals surface area contributed by atoms with Crippen LogP contribution >= 0.6 is 0 Å². The van der Waals surface area contributed by atoms with Crippen LogP contribution in [0.5, 0.6) is 5.75 Å². The molecule has 1 aliphatic heterocycles. The lowest BCUT2D eigenvalue weighted by Gasteiger charge is -2.38. The molecule has 4 rings (SSSR count). The second kappa shape index (κ2) is 10.6. The monoisotopic (exact) mass is 474 g/mol. The van der Waals surface area contributed by atoms with Crippen molar-refractivity contribution >= 4 is 17.7 Å². The van der Waals surface area contributed by atoms with E-state index in [1.807, 2.05) is 61.5 Å². The Morgan fingerprint density at radius 1 is 1.09 bits per heavy atom. The van der Waals surface area contributed by atoms with E-state index in [2.05, 4.69) is 9.88 Å². The van der Waals surface area contributed by atoms with Gasteiger partial charge in [0.2, 0.25) is 0 Å². The van der Waals surface area contributed by atoms with Crippen LogP contribution in [0.4, 0.5) is 10.5 Å². The molecule has 2 heterocycles. The lowest BCUT2D eigenvalue weighted by Crippen LogP contribution is -2.53. The summed E-state index contributed by atoms with van der Waals surface area (Å²) in [5, 5.41) is 9.25. The number of hydrogen-bond donors (Lipinski definition) is 1. The van der Waals surface area contributed by atoms with E-state index < -0.39 is 6.09 Å². The van der Waals surface area contributed by atoms with Crippen molar-refractivity contribution in [2.45, 2.75) is 19.5 Å². The molecule has 0 radical (unpaired) electrons. The largest absolute Gasteiger partial charge is 0.497 e. The first-order valence-corrected chi connectivity index (χ1v) is 11.5. The Kier molecular flexibility index (Phi) is 7.31. The number of ether oxygens (including phenoxy) is 1. The summed E-state index contributed by atoms with van der Waals surface area (Å²) in [6.45, 7) is 4.58. The van der Waals surface area contributed by atoms with E-state index >= 15 is 0 Å². The third kappa shape index (κ3) is 5.60. The summed E-state index contributed by atoms with van der Waals surface area (Å²) in [5.74, 6) is 0.580. The van der Waals surface area contributed by atoms with Crippen LogP contribution in [-0.2, 0) is 6.54 Å². The minimum Gasteiger partial charge on any atom is -0.497 e. The standard InChI is InChI=1S/C27H30N4O4/c1-19-17-30(13-14-31(19)27(33)34)18-20-7-10-23(11-8-20)29(2)26(32)25-12-9-22(16-28-25)21-5-4-6-24(15-21)35-3/h4-12,15-16,19H,13-14,17-18H2,1-3H3,(H,33,34)/t19-/m0/s1. The Morgan fingerprint density at radius 2 is 1.86 bits per heavy atom. The Bertz CT molecular complexity index is 1180. The quantitative estimate of drug-likeness (QED) is 0.576. The number of benzene rings is 2. The van der Waals surface area contributed by atoms with Gasteiger partial charge in [0, 0.05) is 56.7 Å². The number of rotatable bonds is 6. The zero-order valence-electron chi connectivity index (χ0n) is 20.2. The zero-order valence-corrected chi connectivity index (χ0v) is 20.2. The number of anilines is 1. The molecule has 35 heavy (non-hydrogen) atoms. The molecule has 0 aliphatic carbocycles. The smallest absolute Gasteiger partial charge is 0.407 e. The molecule has 3 aromatic rings. The average Bonchev–Trinajstić information content (AvgIpc) is 2.88. The number of carbonyl (C=O) groups excluding carboxylic acids is 1. The maximum absolute atomic E-state index is 13.0. The molecule has 2 aromatic carbocycles. The normalized spacial score (nSPS) is 16.1. The predicted molar refractivity (Wildman–Crippen MR) is 135 cm³/mol. The van der Waals surface area contributed by atoms with Crippen molar-refractivity contribution in [1.82, 2.24) is 14.8 Å².